The number of ether oxygens (including phenoxy) is 1. The van der Waals surface area contributed by atoms with Crippen molar-refractivity contribution in [3.63, 3.8) is 0 Å². The molecular weight excluding hydrogens is 350 g/mol. The molecule has 0 radical (unpaired) electrons. The van der Waals surface area contributed by atoms with Crippen molar-refractivity contribution in [1.82, 2.24) is 14.9 Å². The van der Waals surface area contributed by atoms with Gasteiger partial charge >= 0.3 is 0 Å². The van der Waals surface area contributed by atoms with Gasteiger partial charge in [0.2, 0.25) is 0 Å². The first-order valence-corrected chi connectivity index (χ1v) is 9.12. The summed E-state index contributed by atoms with van der Waals surface area (Å²) in [6.45, 7) is 2.65. The zero-order valence-electron chi connectivity index (χ0n) is 14.5. The molecule has 0 bridgehead atoms. The third kappa shape index (κ3) is 3.27. The van der Waals surface area contributed by atoms with Crippen LogP contribution in [-0.2, 0) is 4.79 Å². The number of fused-ring (bicyclic) bond motifs is 1. The number of rotatable bonds is 4. The van der Waals surface area contributed by atoms with Crippen molar-refractivity contribution in [3.05, 3.63) is 58.9 Å². The fourth-order valence-corrected chi connectivity index (χ4v) is 3.70. The first-order chi connectivity index (χ1) is 12.6. The summed E-state index contributed by atoms with van der Waals surface area (Å²) in [5, 5.41) is 0.658. The predicted octanol–water partition coefficient (Wildman–Crippen LogP) is 4.27. The Balaban J connectivity index is 1.48. The zero-order chi connectivity index (χ0) is 18.1. The number of nitrogens with one attached hydrogen (secondary N) is 1. The number of likely N-dealkylation sites (tertiary alicyclic amines) is 1. The quantitative estimate of drug-likeness (QED) is 0.747. The number of nitrogens with zero attached hydrogens (tertiary/aromatic N) is 2. The fraction of sp³-hybridized carbons (Fsp3) is 0.300. The van der Waals surface area contributed by atoms with Crippen molar-refractivity contribution in [1.29, 1.82) is 0 Å². The van der Waals surface area contributed by atoms with E-state index < -0.39 is 0 Å². The lowest BCUT2D eigenvalue weighted by Crippen LogP contribution is -2.35. The summed E-state index contributed by atoms with van der Waals surface area (Å²) in [5.74, 6) is 1.50. The lowest BCUT2D eigenvalue weighted by Gasteiger charge is -2.23. The second-order valence-corrected chi connectivity index (χ2v) is 7.02. The number of carbonyl (C=O) groups is 1. The number of aromatic amines is 1. The standard InChI is InChI=1S/C20H20ClN3O2/c1-13-11-14(21)8-9-18(13)26-12-19(25)24-10-4-7-17(24)20-22-15-5-2-3-6-16(15)23-20/h2-3,5-6,8-9,11,17H,4,7,10,12H2,1H3,(H,22,23)/t17-/m1/s1. The molecule has 1 amide bonds. The third-order valence-electron chi connectivity index (χ3n) is 4.78. The molecule has 5 nitrogen and oxygen atoms in total. The lowest BCUT2D eigenvalue weighted by atomic mass is 10.2. The summed E-state index contributed by atoms with van der Waals surface area (Å²) >= 11 is 5.96. The molecule has 134 valence electrons. The monoisotopic (exact) mass is 369 g/mol. The minimum Gasteiger partial charge on any atom is -0.483 e. The second kappa shape index (κ2) is 7.00. The molecule has 1 atom stereocenters. The van der Waals surface area contributed by atoms with E-state index in [1.807, 2.05) is 42.2 Å². The summed E-state index contributed by atoms with van der Waals surface area (Å²) in [5.41, 5.74) is 2.84. The van der Waals surface area contributed by atoms with Gasteiger partial charge in [0.25, 0.3) is 5.91 Å². The molecule has 2 aromatic carbocycles. The average Bonchev–Trinajstić information content (AvgIpc) is 3.27. The van der Waals surface area contributed by atoms with E-state index in [1.165, 1.54) is 0 Å². The highest BCUT2D eigenvalue weighted by atomic mass is 35.5. The zero-order valence-corrected chi connectivity index (χ0v) is 15.3. The van der Waals surface area contributed by atoms with Crippen molar-refractivity contribution < 1.29 is 9.53 Å². The maximum atomic E-state index is 12.7. The van der Waals surface area contributed by atoms with Gasteiger partial charge in [-0.3, -0.25) is 4.79 Å². The SMILES string of the molecule is Cc1cc(Cl)ccc1OCC(=O)N1CCC[C@@H]1c1nc2ccccc2[nH]1. The van der Waals surface area contributed by atoms with E-state index in [4.69, 9.17) is 16.3 Å². The Kier molecular flexibility index (Phi) is 4.55. The van der Waals surface area contributed by atoms with Crippen molar-refractivity contribution >= 4 is 28.5 Å². The van der Waals surface area contributed by atoms with Crippen LogP contribution in [0.4, 0.5) is 0 Å². The minimum atomic E-state index is -0.0256. The molecule has 1 saturated heterocycles. The van der Waals surface area contributed by atoms with Gasteiger partial charge in [0, 0.05) is 11.6 Å². The van der Waals surface area contributed by atoms with E-state index >= 15 is 0 Å². The summed E-state index contributed by atoms with van der Waals surface area (Å²) in [7, 11) is 0. The Morgan fingerprint density at radius 3 is 3.00 bits per heavy atom. The van der Waals surface area contributed by atoms with Crippen LogP contribution in [0, 0.1) is 6.92 Å². The molecule has 26 heavy (non-hydrogen) atoms. The molecular formula is C20H20ClN3O2. The molecule has 1 aromatic heterocycles. The number of halogens is 1. The van der Waals surface area contributed by atoms with E-state index in [2.05, 4.69) is 9.97 Å². The highest BCUT2D eigenvalue weighted by Gasteiger charge is 2.32. The molecule has 4 rings (SSSR count). The number of aromatic nitrogens is 2. The van der Waals surface area contributed by atoms with Crippen LogP contribution in [0.2, 0.25) is 5.02 Å². The van der Waals surface area contributed by atoms with Crippen LogP contribution < -0.4 is 4.74 Å². The van der Waals surface area contributed by atoms with Gasteiger partial charge in [-0.2, -0.15) is 0 Å². The highest BCUT2D eigenvalue weighted by molar-refractivity contribution is 6.30. The number of hydrogen-bond acceptors (Lipinski definition) is 3. The van der Waals surface area contributed by atoms with E-state index in [1.54, 1.807) is 12.1 Å². The van der Waals surface area contributed by atoms with Gasteiger partial charge < -0.3 is 14.6 Å². The Hall–Kier alpha value is -2.53. The molecule has 1 fully saturated rings. The van der Waals surface area contributed by atoms with Crippen molar-refractivity contribution in [3.8, 4) is 5.75 Å². The van der Waals surface area contributed by atoms with Crippen LogP contribution in [0.15, 0.2) is 42.5 Å². The number of carbonyl (C=O) groups excluding carboxylic acids is 1. The molecule has 0 spiro atoms. The van der Waals surface area contributed by atoms with Gasteiger partial charge in [0.1, 0.15) is 11.6 Å². The average molecular weight is 370 g/mol. The molecule has 1 N–H and O–H groups in total. The molecule has 3 aromatic rings. The van der Waals surface area contributed by atoms with Crippen LogP contribution in [0.1, 0.15) is 30.3 Å². The fourth-order valence-electron chi connectivity index (χ4n) is 3.48. The summed E-state index contributed by atoms with van der Waals surface area (Å²) < 4.78 is 5.73. The van der Waals surface area contributed by atoms with Crippen LogP contribution in [0.25, 0.3) is 11.0 Å². The van der Waals surface area contributed by atoms with E-state index in [-0.39, 0.29) is 18.6 Å². The second-order valence-electron chi connectivity index (χ2n) is 6.58. The normalized spacial score (nSPS) is 17.0. The van der Waals surface area contributed by atoms with E-state index in [0.29, 0.717) is 10.8 Å². The topological polar surface area (TPSA) is 58.2 Å². The summed E-state index contributed by atoms with van der Waals surface area (Å²) in [6.07, 6.45) is 1.87. The number of amides is 1. The molecule has 0 unspecified atom stereocenters. The Bertz CT molecular complexity index is 920. The Labute approximate surface area is 156 Å². The summed E-state index contributed by atoms with van der Waals surface area (Å²) in [4.78, 5) is 22.6. The predicted molar refractivity (Wildman–Crippen MR) is 101 cm³/mol. The minimum absolute atomic E-state index is 0.0131. The van der Waals surface area contributed by atoms with Crippen molar-refractivity contribution in [2.75, 3.05) is 13.2 Å². The molecule has 6 heteroatoms. The molecule has 0 saturated carbocycles. The third-order valence-corrected chi connectivity index (χ3v) is 5.02. The van der Waals surface area contributed by atoms with Crippen LogP contribution in [0.3, 0.4) is 0 Å². The molecule has 1 aliphatic rings. The number of para-hydroxylation sites is 2. The maximum Gasteiger partial charge on any atom is 0.261 e. The maximum absolute atomic E-state index is 12.7. The van der Waals surface area contributed by atoms with Crippen LogP contribution in [-0.4, -0.2) is 33.9 Å². The van der Waals surface area contributed by atoms with E-state index in [9.17, 15) is 4.79 Å². The van der Waals surface area contributed by atoms with Gasteiger partial charge in [-0.15, -0.1) is 0 Å². The summed E-state index contributed by atoms with van der Waals surface area (Å²) in [6, 6.07) is 13.3. The highest BCUT2D eigenvalue weighted by Crippen LogP contribution is 2.31. The molecule has 2 heterocycles. The van der Waals surface area contributed by atoms with E-state index in [0.717, 1.165) is 41.8 Å². The van der Waals surface area contributed by atoms with Gasteiger partial charge in [0.05, 0.1) is 17.1 Å². The number of hydrogen-bond donors (Lipinski definition) is 1. The lowest BCUT2D eigenvalue weighted by molar-refractivity contribution is -0.134. The number of benzene rings is 2. The molecule has 0 aliphatic carbocycles. The van der Waals surface area contributed by atoms with Crippen LogP contribution in [0.5, 0.6) is 5.75 Å². The largest absolute Gasteiger partial charge is 0.483 e. The Morgan fingerprint density at radius 2 is 2.19 bits per heavy atom. The van der Waals surface area contributed by atoms with Gasteiger partial charge in [-0.05, 0) is 55.7 Å². The number of H-pyrrole nitrogens is 1. The van der Waals surface area contributed by atoms with Gasteiger partial charge in [-0.1, -0.05) is 23.7 Å². The number of aryl methyl sites for hydroxylation is 1. The van der Waals surface area contributed by atoms with Gasteiger partial charge in [0.15, 0.2) is 6.61 Å². The smallest absolute Gasteiger partial charge is 0.261 e. The van der Waals surface area contributed by atoms with Gasteiger partial charge in [-0.25, -0.2) is 4.98 Å². The first-order valence-electron chi connectivity index (χ1n) is 8.75. The number of imidazole rings is 1. The first kappa shape index (κ1) is 16.9. The van der Waals surface area contributed by atoms with Crippen LogP contribution >= 0.6 is 11.6 Å². The van der Waals surface area contributed by atoms with Crippen molar-refractivity contribution in [2.24, 2.45) is 0 Å². The van der Waals surface area contributed by atoms with Crippen molar-refractivity contribution in [2.45, 2.75) is 25.8 Å². The Morgan fingerprint density at radius 1 is 1.35 bits per heavy atom. The molecule has 1 aliphatic heterocycles.